The first kappa shape index (κ1) is 22.9. The molecule has 0 bridgehead atoms. The van der Waals surface area contributed by atoms with E-state index in [9.17, 15) is 0 Å². The Bertz CT molecular complexity index is 1250. The lowest BCUT2D eigenvalue weighted by Gasteiger charge is -2.38. The topological polar surface area (TPSA) is 30.5 Å². The molecule has 1 N–H and O–H groups in total. The molecule has 0 saturated carbocycles. The van der Waals surface area contributed by atoms with Gasteiger partial charge in [-0.05, 0) is 64.2 Å². The normalized spacial score (nSPS) is 20.7. The average molecular weight is 566 g/mol. The van der Waals surface area contributed by atoms with Gasteiger partial charge in [-0.15, -0.1) is 0 Å². The molecule has 2 aliphatic rings. The summed E-state index contributed by atoms with van der Waals surface area (Å²) in [6.45, 7) is 0.342. The van der Waals surface area contributed by atoms with E-state index < -0.39 is 0 Å². The molecule has 0 unspecified atom stereocenters. The molecular formula is C26H21BrCl3NO2. The number of anilines is 1. The Morgan fingerprint density at radius 3 is 2.67 bits per heavy atom. The van der Waals surface area contributed by atoms with E-state index in [-0.39, 0.29) is 12.0 Å². The molecule has 5 rings (SSSR count). The highest BCUT2D eigenvalue weighted by Gasteiger charge is 2.39. The molecule has 3 nitrogen and oxygen atoms in total. The zero-order valence-corrected chi connectivity index (χ0v) is 21.6. The molecule has 1 aliphatic heterocycles. The quantitative estimate of drug-likeness (QED) is 0.314. The van der Waals surface area contributed by atoms with Crippen molar-refractivity contribution in [2.24, 2.45) is 5.92 Å². The lowest BCUT2D eigenvalue weighted by atomic mass is 9.77. The van der Waals surface area contributed by atoms with Crippen molar-refractivity contribution >= 4 is 56.4 Å². The summed E-state index contributed by atoms with van der Waals surface area (Å²) < 4.78 is 12.7. The largest absolute Gasteiger partial charge is 0.493 e. The van der Waals surface area contributed by atoms with Gasteiger partial charge in [0, 0.05) is 37.8 Å². The Labute approximate surface area is 216 Å². The number of rotatable bonds is 5. The van der Waals surface area contributed by atoms with Gasteiger partial charge in [-0.25, -0.2) is 0 Å². The smallest absolute Gasteiger partial charge is 0.175 e. The van der Waals surface area contributed by atoms with E-state index in [4.69, 9.17) is 44.3 Å². The zero-order chi connectivity index (χ0) is 23.1. The molecular weight excluding hydrogens is 545 g/mol. The third-order valence-electron chi connectivity index (χ3n) is 6.32. The van der Waals surface area contributed by atoms with E-state index >= 15 is 0 Å². The van der Waals surface area contributed by atoms with E-state index in [1.54, 1.807) is 7.11 Å². The van der Waals surface area contributed by atoms with Gasteiger partial charge in [-0.3, -0.25) is 0 Å². The Hall–Kier alpha value is -1.85. The van der Waals surface area contributed by atoms with Gasteiger partial charge in [0.05, 0.1) is 17.6 Å². The minimum absolute atomic E-state index is 0.0647. The number of nitrogens with one attached hydrogen (secondary N) is 1. The number of ether oxygens (including phenoxy) is 2. The maximum Gasteiger partial charge on any atom is 0.175 e. The lowest BCUT2D eigenvalue weighted by Crippen LogP contribution is -2.29. The summed E-state index contributed by atoms with van der Waals surface area (Å²) in [7, 11) is 1.65. The van der Waals surface area contributed by atoms with E-state index in [1.807, 2.05) is 42.5 Å². The summed E-state index contributed by atoms with van der Waals surface area (Å²) in [4.78, 5) is 0. The molecule has 0 radical (unpaired) electrons. The van der Waals surface area contributed by atoms with Crippen LogP contribution in [0, 0.1) is 5.92 Å². The van der Waals surface area contributed by atoms with Gasteiger partial charge >= 0.3 is 0 Å². The Morgan fingerprint density at radius 2 is 1.88 bits per heavy atom. The van der Waals surface area contributed by atoms with Crippen LogP contribution in [0.15, 0.2) is 65.2 Å². The Balaban J connectivity index is 1.48. The molecule has 1 heterocycles. The van der Waals surface area contributed by atoms with Gasteiger partial charge in [0.15, 0.2) is 11.5 Å². The second-order valence-electron chi connectivity index (χ2n) is 8.24. The van der Waals surface area contributed by atoms with Crippen LogP contribution in [0.4, 0.5) is 5.69 Å². The molecule has 170 valence electrons. The molecule has 7 heteroatoms. The average Bonchev–Trinajstić information content (AvgIpc) is 3.27. The summed E-state index contributed by atoms with van der Waals surface area (Å²) in [5.74, 6) is 1.87. The number of hydrogen-bond acceptors (Lipinski definition) is 3. The SMILES string of the molecule is COc1cc([C@@H]2Nc3cc(Cl)cc(Cl)c3[C@@H]3C=CC[C@H]32)cc(Br)c1OCc1ccccc1Cl. The highest BCUT2D eigenvalue weighted by molar-refractivity contribution is 9.10. The molecule has 0 amide bonds. The summed E-state index contributed by atoms with van der Waals surface area (Å²) in [5, 5.41) is 5.68. The number of allylic oxidation sites excluding steroid dienone is 2. The minimum Gasteiger partial charge on any atom is -0.493 e. The van der Waals surface area contributed by atoms with Crippen LogP contribution in [0.25, 0.3) is 0 Å². The maximum atomic E-state index is 6.59. The van der Waals surface area contributed by atoms with Gasteiger partial charge in [-0.2, -0.15) is 0 Å². The van der Waals surface area contributed by atoms with Crippen molar-refractivity contribution in [1.29, 1.82) is 0 Å². The molecule has 0 fully saturated rings. The number of halogens is 4. The molecule has 1 aliphatic carbocycles. The van der Waals surface area contributed by atoms with Crippen molar-refractivity contribution < 1.29 is 9.47 Å². The molecule has 3 aromatic rings. The summed E-state index contributed by atoms with van der Waals surface area (Å²) in [6.07, 6.45) is 5.45. The van der Waals surface area contributed by atoms with Crippen molar-refractivity contribution in [3.63, 3.8) is 0 Å². The van der Waals surface area contributed by atoms with Crippen LogP contribution >= 0.6 is 50.7 Å². The second kappa shape index (κ2) is 9.42. The van der Waals surface area contributed by atoms with E-state index in [2.05, 4.69) is 39.5 Å². The summed E-state index contributed by atoms with van der Waals surface area (Å²) >= 11 is 22.9. The first-order chi connectivity index (χ1) is 16.0. The van der Waals surface area contributed by atoms with Crippen molar-refractivity contribution in [3.8, 4) is 11.5 Å². The molecule has 33 heavy (non-hydrogen) atoms. The van der Waals surface area contributed by atoms with Crippen LogP contribution in [-0.4, -0.2) is 7.11 Å². The number of benzene rings is 3. The van der Waals surface area contributed by atoms with E-state index in [0.717, 1.165) is 33.3 Å². The van der Waals surface area contributed by atoms with E-state index in [0.29, 0.717) is 39.1 Å². The highest BCUT2D eigenvalue weighted by Crippen LogP contribution is 2.53. The van der Waals surface area contributed by atoms with Crippen LogP contribution in [0.3, 0.4) is 0 Å². The molecule has 0 saturated heterocycles. The van der Waals surface area contributed by atoms with Crippen LogP contribution in [-0.2, 0) is 6.61 Å². The Morgan fingerprint density at radius 1 is 1.06 bits per heavy atom. The zero-order valence-electron chi connectivity index (χ0n) is 17.7. The van der Waals surface area contributed by atoms with Crippen molar-refractivity contribution in [2.45, 2.75) is 25.0 Å². The van der Waals surface area contributed by atoms with Crippen LogP contribution in [0.5, 0.6) is 11.5 Å². The van der Waals surface area contributed by atoms with Gasteiger partial charge in [0.1, 0.15) is 6.61 Å². The lowest BCUT2D eigenvalue weighted by molar-refractivity contribution is 0.282. The second-order valence-corrected chi connectivity index (χ2v) is 10.3. The van der Waals surface area contributed by atoms with Crippen molar-refractivity contribution in [1.82, 2.24) is 0 Å². The van der Waals surface area contributed by atoms with Crippen LogP contribution in [0.2, 0.25) is 15.1 Å². The number of methoxy groups -OCH3 is 1. The van der Waals surface area contributed by atoms with Crippen molar-refractivity contribution in [2.75, 3.05) is 12.4 Å². The standard InChI is InChI=1S/C26H21BrCl3NO2/c1-32-23-10-15(9-19(27)26(23)33-13-14-5-2-3-8-20(14)29)25-18-7-4-6-17(18)24-21(30)11-16(28)12-22(24)31-25/h2-6,8-12,17-18,25,31H,7,13H2,1H3/t17-,18-,25+/m1/s1. The predicted octanol–water partition coefficient (Wildman–Crippen LogP) is 8.82. The fraction of sp³-hybridized carbons (Fsp3) is 0.231. The molecule has 0 aromatic heterocycles. The fourth-order valence-electron chi connectivity index (χ4n) is 4.80. The first-order valence-electron chi connectivity index (χ1n) is 10.6. The minimum atomic E-state index is 0.0647. The van der Waals surface area contributed by atoms with Gasteiger partial charge in [0.2, 0.25) is 0 Å². The van der Waals surface area contributed by atoms with Crippen LogP contribution in [0.1, 0.15) is 35.1 Å². The monoisotopic (exact) mass is 563 g/mol. The highest BCUT2D eigenvalue weighted by atomic mass is 79.9. The number of fused-ring (bicyclic) bond motifs is 3. The van der Waals surface area contributed by atoms with Gasteiger partial charge in [-0.1, -0.05) is 65.2 Å². The van der Waals surface area contributed by atoms with E-state index in [1.165, 1.54) is 0 Å². The fourth-order valence-corrected chi connectivity index (χ4v) is 6.18. The first-order valence-corrected chi connectivity index (χ1v) is 12.5. The Kier molecular flexibility index (Phi) is 6.54. The van der Waals surface area contributed by atoms with Gasteiger partial charge in [0.25, 0.3) is 0 Å². The molecule has 0 spiro atoms. The van der Waals surface area contributed by atoms with Crippen LogP contribution < -0.4 is 14.8 Å². The molecule has 3 aromatic carbocycles. The third kappa shape index (κ3) is 4.35. The maximum absolute atomic E-state index is 6.59. The third-order valence-corrected chi connectivity index (χ3v) is 7.81. The number of hydrogen-bond donors (Lipinski definition) is 1. The van der Waals surface area contributed by atoms with Gasteiger partial charge < -0.3 is 14.8 Å². The molecule has 3 atom stereocenters. The summed E-state index contributed by atoms with van der Waals surface area (Å²) in [6, 6.07) is 15.6. The van der Waals surface area contributed by atoms with Crippen molar-refractivity contribution in [3.05, 3.63) is 96.9 Å². The predicted molar refractivity (Wildman–Crippen MR) is 139 cm³/mol. The summed E-state index contributed by atoms with van der Waals surface area (Å²) in [5.41, 5.74) is 4.10.